The number of halogens is 1. The fourth-order valence-electron chi connectivity index (χ4n) is 1.94. The standard InChI is InChI=1S/C16H19FN4O2/c1-11-9-14(21-16(20-11)18-7-8-23-2)15(22)19-10-12-5-3-4-6-13(12)17/h3-6,9H,7-8,10H2,1-2H3,(H,19,22)(H,18,20,21). The summed E-state index contributed by atoms with van der Waals surface area (Å²) in [6, 6.07) is 7.88. The molecule has 122 valence electrons. The molecule has 6 nitrogen and oxygen atoms in total. The summed E-state index contributed by atoms with van der Waals surface area (Å²) < 4.78 is 18.5. The van der Waals surface area contributed by atoms with Crippen molar-refractivity contribution in [2.75, 3.05) is 25.6 Å². The third-order valence-corrected chi connectivity index (χ3v) is 3.07. The van der Waals surface area contributed by atoms with Crippen LogP contribution in [0, 0.1) is 12.7 Å². The van der Waals surface area contributed by atoms with Crippen LogP contribution in [0.5, 0.6) is 0 Å². The summed E-state index contributed by atoms with van der Waals surface area (Å²) in [7, 11) is 1.60. The zero-order valence-corrected chi connectivity index (χ0v) is 13.1. The number of nitrogens with zero attached hydrogens (tertiary/aromatic N) is 2. The number of amides is 1. The zero-order chi connectivity index (χ0) is 16.7. The summed E-state index contributed by atoms with van der Waals surface area (Å²) in [5.41, 5.74) is 1.31. The molecular formula is C16H19FN4O2. The minimum absolute atomic E-state index is 0.0982. The third-order valence-electron chi connectivity index (χ3n) is 3.07. The number of nitrogens with one attached hydrogen (secondary N) is 2. The average Bonchev–Trinajstić information content (AvgIpc) is 2.53. The van der Waals surface area contributed by atoms with Crippen LogP contribution in [-0.2, 0) is 11.3 Å². The molecule has 0 aliphatic rings. The van der Waals surface area contributed by atoms with Gasteiger partial charge < -0.3 is 15.4 Å². The van der Waals surface area contributed by atoms with Crippen LogP contribution in [0.3, 0.4) is 0 Å². The molecular weight excluding hydrogens is 299 g/mol. The van der Waals surface area contributed by atoms with Gasteiger partial charge in [-0.2, -0.15) is 0 Å². The molecule has 0 radical (unpaired) electrons. The number of carbonyl (C=O) groups excluding carboxylic acids is 1. The lowest BCUT2D eigenvalue weighted by Crippen LogP contribution is -2.25. The summed E-state index contributed by atoms with van der Waals surface area (Å²) >= 11 is 0. The highest BCUT2D eigenvalue weighted by atomic mass is 19.1. The van der Waals surface area contributed by atoms with Crippen molar-refractivity contribution >= 4 is 11.9 Å². The molecule has 2 N–H and O–H groups in total. The molecule has 0 atom stereocenters. The first-order valence-electron chi connectivity index (χ1n) is 7.20. The summed E-state index contributed by atoms with van der Waals surface area (Å²) in [6.45, 7) is 2.92. The molecule has 0 aliphatic carbocycles. The van der Waals surface area contributed by atoms with Gasteiger partial charge in [0.1, 0.15) is 11.5 Å². The zero-order valence-electron chi connectivity index (χ0n) is 13.1. The maximum atomic E-state index is 13.5. The fourth-order valence-corrected chi connectivity index (χ4v) is 1.94. The Morgan fingerprint density at radius 3 is 2.83 bits per heavy atom. The molecule has 0 saturated heterocycles. The van der Waals surface area contributed by atoms with Crippen LogP contribution < -0.4 is 10.6 Å². The van der Waals surface area contributed by atoms with Crippen LogP contribution in [0.2, 0.25) is 0 Å². The van der Waals surface area contributed by atoms with Gasteiger partial charge in [-0.1, -0.05) is 18.2 Å². The molecule has 0 aliphatic heterocycles. The summed E-state index contributed by atoms with van der Waals surface area (Å²) in [5, 5.41) is 5.63. The SMILES string of the molecule is COCCNc1nc(C)cc(C(=O)NCc2ccccc2F)n1. The Bertz CT molecular complexity index is 679. The second kappa shape index (κ2) is 8.19. The second-order valence-electron chi connectivity index (χ2n) is 4.91. The molecule has 2 aromatic rings. The highest BCUT2D eigenvalue weighted by molar-refractivity contribution is 5.92. The van der Waals surface area contributed by atoms with Crippen molar-refractivity contribution in [3.8, 4) is 0 Å². The van der Waals surface area contributed by atoms with Gasteiger partial charge in [-0.3, -0.25) is 4.79 Å². The molecule has 7 heteroatoms. The predicted molar refractivity (Wildman–Crippen MR) is 84.7 cm³/mol. The number of anilines is 1. The van der Waals surface area contributed by atoms with Crippen LogP contribution in [0.25, 0.3) is 0 Å². The molecule has 0 bridgehead atoms. The molecule has 0 saturated carbocycles. The van der Waals surface area contributed by atoms with Crippen molar-refractivity contribution in [2.45, 2.75) is 13.5 Å². The first-order valence-corrected chi connectivity index (χ1v) is 7.20. The molecule has 23 heavy (non-hydrogen) atoms. The number of ether oxygens (including phenoxy) is 1. The number of rotatable bonds is 7. The van der Waals surface area contributed by atoms with Gasteiger partial charge in [0.2, 0.25) is 5.95 Å². The number of carbonyl (C=O) groups is 1. The van der Waals surface area contributed by atoms with E-state index >= 15 is 0 Å². The van der Waals surface area contributed by atoms with E-state index in [9.17, 15) is 9.18 Å². The molecule has 0 spiro atoms. The average molecular weight is 318 g/mol. The Morgan fingerprint density at radius 1 is 1.30 bits per heavy atom. The Kier molecular flexibility index (Phi) is 5.99. The lowest BCUT2D eigenvalue weighted by Gasteiger charge is -2.09. The van der Waals surface area contributed by atoms with Crippen molar-refractivity contribution < 1.29 is 13.9 Å². The van der Waals surface area contributed by atoms with Gasteiger partial charge >= 0.3 is 0 Å². The molecule has 0 fully saturated rings. The van der Waals surface area contributed by atoms with Crippen molar-refractivity contribution in [3.05, 3.63) is 53.1 Å². The predicted octanol–water partition coefficient (Wildman–Crippen LogP) is 1.91. The maximum Gasteiger partial charge on any atom is 0.270 e. The summed E-state index contributed by atoms with van der Waals surface area (Å²) in [5.74, 6) is -0.375. The minimum atomic E-state index is -0.381. The number of aryl methyl sites for hydroxylation is 1. The number of methoxy groups -OCH3 is 1. The quantitative estimate of drug-likeness (QED) is 0.763. The van der Waals surface area contributed by atoms with E-state index in [0.29, 0.717) is 30.4 Å². The van der Waals surface area contributed by atoms with Crippen LogP contribution in [0.1, 0.15) is 21.7 Å². The van der Waals surface area contributed by atoms with E-state index in [-0.39, 0.29) is 24.0 Å². The first-order chi connectivity index (χ1) is 11.1. The number of aromatic nitrogens is 2. The lowest BCUT2D eigenvalue weighted by molar-refractivity contribution is 0.0945. The maximum absolute atomic E-state index is 13.5. The third kappa shape index (κ3) is 5.00. The van der Waals surface area contributed by atoms with E-state index in [2.05, 4.69) is 20.6 Å². The van der Waals surface area contributed by atoms with Crippen LogP contribution in [0.15, 0.2) is 30.3 Å². The molecule has 2 rings (SSSR count). The smallest absolute Gasteiger partial charge is 0.270 e. The normalized spacial score (nSPS) is 10.4. The van der Waals surface area contributed by atoms with Gasteiger partial charge in [-0.15, -0.1) is 0 Å². The number of hydrogen-bond donors (Lipinski definition) is 2. The summed E-state index contributed by atoms with van der Waals surface area (Å²) in [6.07, 6.45) is 0. The molecule has 1 heterocycles. The van der Waals surface area contributed by atoms with Crippen molar-refractivity contribution in [2.24, 2.45) is 0 Å². The van der Waals surface area contributed by atoms with Gasteiger partial charge in [0.15, 0.2) is 0 Å². The number of benzene rings is 1. The van der Waals surface area contributed by atoms with E-state index in [4.69, 9.17) is 4.74 Å². The Labute approximate surface area is 134 Å². The molecule has 0 unspecified atom stereocenters. The summed E-state index contributed by atoms with van der Waals surface area (Å²) in [4.78, 5) is 20.5. The van der Waals surface area contributed by atoms with Gasteiger partial charge in [0, 0.05) is 31.5 Å². The van der Waals surface area contributed by atoms with Crippen molar-refractivity contribution in [1.29, 1.82) is 0 Å². The molecule has 1 amide bonds. The van der Waals surface area contributed by atoms with Gasteiger partial charge in [-0.05, 0) is 19.1 Å². The van der Waals surface area contributed by atoms with E-state index < -0.39 is 0 Å². The van der Waals surface area contributed by atoms with Crippen molar-refractivity contribution in [1.82, 2.24) is 15.3 Å². The van der Waals surface area contributed by atoms with Gasteiger partial charge in [0.05, 0.1) is 6.61 Å². The van der Waals surface area contributed by atoms with Crippen LogP contribution in [0.4, 0.5) is 10.3 Å². The molecule has 1 aromatic carbocycles. The van der Waals surface area contributed by atoms with E-state index in [0.717, 1.165) is 0 Å². The topological polar surface area (TPSA) is 76.1 Å². The van der Waals surface area contributed by atoms with Crippen LogP contribution >= 0.6 is 0 Å². The first kappa shape index (κ1) is 16.8. The van der Waals surface area contributed by atoms with E-state index in [1.54, 1.807) is 38.3 Å². The van der Waals surface area contributed by atoms with Gasteiger partial charge in [-0.25, -0.2) is 14.4 Å². The monoisotopic (exact) mass is 318 g/mol. The highest BCUT2D eigenvalue weighted by Crippen LogP contribution is 2.08. The minimum Gasteiger partial charge on any atom is -0.383 e. The number of hydrogen-bond acceptors (Lipinski definition) is 5. The van der Waals surface area contributed by atoms with E-state index in [1.807, 2.05) is 0 Å². The molecule has 1 aromatic heterocycles. The Hall–Kier alpha value is -2.54. The Morgan fingerprint density at radius 2 is 2.09 bits per heavy atom. The fraction of sp³-hybridized carbons (Fsp3) is 0.312. The second-order valence-corrected chi connectivity index (χ2v) is 4.91. The largest absolute Gasteiger partial charge is 0.383 e. The van der Waals surface area contributed by atoms with Crippen molar-refractivity contribution in [3.63, 3.8) is 0 Å². The van der Waals surface area contributed by atoms with Crippen LogP contribution in [-0.4, -0.2) is 36.1 Å². The Balaban J connectivity index is 2.02. The highest BCUT2D eigenvalue weighted by Gasteiger charge is 2.11. The van der Waals surface area contributed by atoms with E-state index in [1.165, 1.54) is 6.07 Å². The van der Waals surface area contributed by atoms with Gasteiger partial charge in [0.25, 0.3) is 5.91 Å². The lowest BCUT2D eigenvalue weighted by atomic mass is 10.2.